The Balaban J connectivity index is 2.77. The van der Waals surface area contributed by atoms with Crippen molar-refractivity contribution in [3.63, 3.8) is 0 Å². The number of benzene rings is 1. The number of rotatable bonds is 6. The topological polar surface area (TPSA) is 29.5 Å². The van der Waals surface area contributed by atoms with Crippen molar-refractivity contribution in [3.05, 3.63) is 29.8 Å². The van der Waals surface area contributed by atoms with E-state index in [1.807, 2.05) is 18.2 Å². The van der Waals surface area contributed by atoms with Crippen molar-refractivity contribution in [2.45, 2.75) is 26.7 Å². The molecule has 0 bridgehead atoms. The van der Waals surface area contributed by atoms with E-state index in [1.54, 1.807) is 7.11 Å². The number of para-hydroxylation sites is 1. The number of aliphatic hydroxyl groups excluding tert-OH is 1. The van der Waals surface area contributed by atoms with E-state index in [2.05, 4.69) is 19.9 Å². The largest absolute Gasteiger partial charge is 0.496 e. The fourth-order valence-electron chi connectivity index (χ4n) is 1.93. The number of aliphatic hydroxyl groups is 1. The molecule has 0 heterocycles. The normalized spacial score (nSPS) is 14.5. The molecule has 0 amide bonds. The summed E-state index contributed by atoms with van der Waals surface area (Å²) < 4.78 is 5.32. The first-order chi connectivity index (χ1) is 7.72. The molecule has 16 heavy (non-hydrogen) atoms. The van der Waals surface area contributed by atoms with Crippen molar-refractivity contribution >= 4 is 0 Å². The Labute approximate surface area is 98.3 Å². The Morgan fingerprint density at radius 3 is 2.56 bits per heavy atom. The highest BCUT2D eigenvalue weighted by Crippen LogP contribution is 2.25. The average Bonchev–Trinajstić information content (AvgIpc) is 2.35. The Kier molecular flexibility index (Phi) is 5.33. The van der Waals surface area contributed by atoms with Crippen LogP contribution in [0.2, 0.25) is 0 Å². The predicted molar refractivity (Wildman–Crippen MR) is 66.7 cm³/mol. The summed E-state index contributed by atoms with van der Waals surface area (Å²) >= 11 is 0. The Bertz CT molecular complexity index is 309. The third-order valence-corrected chi connectivity index (χ3v) is 3.36. The van der Waals surface area contributed by atoms with Crippen LogP contribution in [0.25, 0.3) is 0 Å². The number of methoxy groups -OCH3 is 1. The van der Waals surface area contributed by atoms with Crippen molar-refractivity contribution < 1.29 is 9.84 Å². The van der Waals surface area contributed by atoms with Gasteiger partial charge in [-0.2, -0.15) is 0 Å². The quantitative estimate of drug-likeness (QED) is 0.802. The van der Waals surface area contributed by atoms with Crippen LogP contribution >= 0.6 is 0 Å². The molecular formula is C14H22O2. The molecule has 0 radical (unpaired) electrons. The van der Waals surface area contributed by atoms with Crippen LogP contribution < -0.4 is 4.74 Å². The smallest absolute Gasteiger partial charge is 0.122 e. The zero-order valence-electron chi connectivity index (χ0n) is 10.4. The van der Waals surface area contributed by atoms with Crippen LogP contribution in [0.4, 0.5) is 0 Å². The van der Waals surface area contributed by atoms with Gasteiger partial charge in [0.05, 0.1) is 7.11 Å². The molecule has 1 N–H and O–H groups in total. The Hall–Kier alpha value is -1.02. The summed E-state index contributed by atoms with van der Waals surface area (Å²) in [7, 11) is 1.69. The minimum Gasteiger partial charge on any atom is -0.496 e. The van der Waals surface area contributed by atoms with Gasteiger partial charge in [-0.1, -0.05) is 38.5 Å². The summed E-state index contributed by atoms with van der Waals surface area (Å²) in [4.78, 5) is 0. The van der Waals surface area contributed by atoms with Gasteiger partial charge in [0, 0.05) is 6.61 Å². The summed E-state index contributed by atoms with van der Waals surface area (Å²) in [5.41, 5.74) is 1.18. The highest BCUT2D eigenvalue weighted by atomic mass is 16.5. The summed E-state index contributed by atoms with van der Waals surface area (Å²) in [6, 6.07) is 8.03. The molecule has 2 unspecified atom stereocenters. The third kappa shape index (κ3) is 3.24. The first-order valence-electron chi connectivity index (χ1n) is 5.95. The zero-order valence-corrected chi connectivity index (χ0v) is 10.4. The SMILES string of the molecule is CCC(C)C(CO)Cc1ccccc1OC. The summed E-state index contributed by atoms with van der Waals surface area (Å²) in [6.45, 7) is 4.60. The molecular weight excluding hydrogens is 200 g/mol. The van der Waals surface area contributed by atoms with Gasteiger partial charge < -0.3 is 9.84 Å². The number of ether oxygens (including phenoxy) is 1. The fourth-order valence-corrected chi connectivity index (χ4v) is 1.93. The van der Waals surface area contributed by atoms with E-state index in [0.717, 1.165) is 18.6 Å². The van der Waals surface area contributed by atoms with Crippen LogP contribution in [-0.4, -0.2) is 18.8 Å². The van der Waals surface area contributed by atoms with Gasteiger partial charge in [0.1, 0.15) is 5.75 Å². The molecule has 0 saturated carbocycles. The van der Waals surface area contributed by atoms with Crippen LogP contribution in [0, 0.1) is 11.8 Å². The maximum absolute atomic E-state index is 9.41. The molecule has 0 aliphatic heterocycles. The van der Waals surface area contributed by atoms with Crippen LogP contribution in [0.3, 0.4) is 0 Å². The molecule has 2 atom stereocenters. The van der Waals surface area contributed by atoms with Crippen LogP contribution in [0.15, 0.2) is 24.3 Å². The lowest BCUT2D eigenvalue weighted by Gasteiger charge is -2.21. The van der Waals surface area contributed by atoms with E-state index >= 15 is 0 Å². The molecule has 1 aromatic rings. The van der Waals surface area contributed by atoms with Gasteiger partial charge in [-0.3, -0.25) is 0 Å². The van der Waals surface area contributed by atoms with Gasteiger partial charge in [0.25, 0.3) is 0 Å². The highest BCUT2D eigenvalue weighted by Gasteiger charge is 2.17. The zero-order chi connectivity index (χ0) is 12.0. The first kappa shape index (κ1) is 13.0. The predicted octanol–water partition coefficient (Wildman–Crippen LogP) is 2.89. The molecule has 0 saturated heterocycles. The first-order valence-corrected chi connectivity index (χ1v) is 5.95. The van der Waals surface area contributed by atoms with E-state index in [0.29, 0.717) is 11.8 Å². The molecule has 0 spiro atoms. The average molecular weight is 222 g/mol. The third-order valence-electron chi connectivity index (χ3n) is 3.36. The van der Waals surface area contributed by atoms with Crippen LogP contribution in [0.1, 0.15) is 25.8 Å². The summed E-state index contributed by atoms with van der Waals surface area (Å²) in [6.07, 6.45) is 1.98. The van der Waals surface area contributed by atoms with Crippen molar-refractivity contribution in [2.75, 3.05) is 13.7 Å². The summed E-state index contributed by atoms with van der Waals surface area (Å²) in [5.74, 6) is 1.78. The second-order valence-corrected chi connectivity index (χ2v) is 4.34. The van der Waals surface area contributed by atoms with E-state index in [-0.39, 0.29) is 6.61 Å². The maximum atomic E-state index is 9.41. The molecule has 0 fully saturated rings. The van der Waals surface area contributed by atoms with E-state index < -0.39 is 0 Å². The monoisotopic (exact) mass is 222 g/mol. The van der Waals surface area contributed by atoms with Gasteiger partial charge in [-0.05, 0) is 29.9 Å². The minimum atomic E-state index is 0.243. The lowest BCUT2D eigenvalue weighted by Crippen LogP contribution is -2.18. The van der Waals surface area contributed by atoms with Gasteiger partial charge in [-0.15, -0.1) is 0 Å². The highest BCUT2D eigenvalue weighted by molar-refractivity contribution is 5.33. The van der Waals surface area contributed by atoms with E-state index in [9.17, 15) is 5.11 Å². The van der Waals surface area contributed by atoms with Gasteiger partial charge >= 0.3 is 0 Å². The molecule has 0 aromatic heterocycles. The van der Waals surface area contributed by atoms with Crippen molar-refractivity contribution in [2.24, 2.45) is 11.8 Å². The molecule has 0 aliphatic carbocycles. The second-order valence-electron chi connectivity index (χ2n) is 4.34. The molecule has 1 aromatic carbocycles. The van der Waals surface area contributed by atoms with Gasteiger partial charge in [-0.25, -0.2) is 0 Å². The molecule has 0 aliphatic rings. The lowest BCUT2D eigenvalue weighted by molar-refractivity contribution is 0.178. The van der Waals surface area contributed by atoms with Gasteiger partial charge in [0.2, 0.25) is 0 Å². The van der Waals surface area contributed by atoms with Crippen molar-refractivity contribution in [1.82, 2.24) is 0 Å². The van der Waals surface area contributed by atoms with E-state index in [4.69, 9.17) is 4.74 Å². The summed E-state index contributed by atoms with van der Waals surface area (Å²) in [5, 5.41) is 9.41. The van der Waals surface area contributed by atoms with Crippen LogP contribution in [-0.2, 0) is 6.42 Å². The fraction of sp³-hybridized carbons (Fsp3) is 0.571. The second kappa shape index (κ2) is 6.54. The number of hydrogen-bond donors (Lipinski definition) is 1. The van der Waals surface area contributed by atoms with Crippen molar-refractivity contribution in [1.29, 1.82) is 0 Å². The van der Waals surface area contributed by atoms with E-state index in [1.165, 1.54) is 5.56 Å². The molecule has 2 heteroatoms. The lowest BCUT2D eigenvalue weighted by atomic mass is 9.87. The molecule has 1 rings (SSSR count). The molecule has 90 valence electrons. The van der Waals surface area contributed by atoms with Crippen LogP contribution in [0.5, 0.6) is 5.75 Å². The Morgan fingerprint density at radius 1 is 1.31 bits per heavy atom. The number of hydrogen-bond acceptors (Lipinski definition) is 2. The van der Waals surface area contributed by atoms with Gasteiger partial charge in [0.15, 0.2) is 0 Å². The minimum absolute atomic E-state index is 0.243. The standard InChI is InChI=1S/C14H22O2/c1-4-11(2)13(10-15)9-12-7-5-6-8-14(12)16-3/h5-8,11,13,15H,4,9-10H2,1-3H3. The maximum Gasteiger partial charge on any atom is 0.122 e. The van der Waals surface area contributed by atoms with Crippen molar-refractivity contribution in [3.8, 4) is 5.75 Å². The Morgan fingerprint density at radius 2 is 2.00 bits per heavy atom. The molecule has 2 nitrogen and oxygen atoms in total.